The van der Waals surface area contributed by atoms with Gasteiger partial charge in [-0.2, -0.15) is 5.48 Å². The van der Waals surface area contributed by atoms with E-state index >= 15 is 0 Å². The number of rotatable bonds is 6. The molecule has 0 amide bonds. The fourth-order valence-corrected chi connectivity index (χ4v) is 1.15. The zero-order valence-electron chi connectivity index (χ0n) is 10.3. The summed E-state index contributed by atoms with van der Waals surface area (Å²) in [4.78, 5) is 5.35. The molecule has 1 rings (SSSR count). The molecule has 1 aromatic rings. The minimum Gasteiger partial charge on any atom is -0.375 e. The second kappa shape index (κ2) is 6.63. The van der Waals surface area contributed by atoms with Crippen LogP contribution in [0.1, 0.15) is 26.3 Å². The topological polar surface area (TPSA) is 30.5 Å². The predicted octanol–water partition coefficient (Wildman–Crippen LogP) is 2.52. The van der Waals surface area contributed by atoms with Gasteiger partial charge in [0.2, 0.25) is 0 Å². The first-order valence-corrected chi connectivity index (χ1v) is 5.60. The quantitative estimate of drug-likeness (QED) is 0.594. The first-order chi connectivity index (χ1) is 7.58. The van der Waals surface area contributed by atoms with Crippen molar-refractivity contribution in [1.29, 1.82) is 0 Å². The summed E-state index contributed by atoms with van der Waals surface area (Å²) >= 11 is 0. The third-order valence-electron chi connectivity index (χ3n) is 1.84. The Balaban J connectivity index is 2.01. The van der Waals surface area contributed by atoms with Crippen molar-refractivity contribution in [3.63, 3.8) is 0 Å². The van der Waals surface area contributed by atoms with Crippen molar-refractivity contribution in [3.8, 4) is 0 Å². The van der Waals surface area contributed by atoms with E-state index in [1.165, 1.54) is 5.56 Å². The van der Waals surface area contributed by atoms with Crippen LogP contribution < -0.4 is 5.48 Å². The van der Waals surface area contributed by atoms with Crippen molar-refractivity contribution in [2.24, 2.45) is 0 Å². The van der Waals surface area contributed by atoms with E-state index < -0.39 is 0 Å². The summed E-state index contributed by atoms with van der Waals surface area (Å²) in [6.07, 6.45) is 0. The molecule has 1 aromatic carbocycles. The average molecular weight is 223 g/mol. The van der Waals surface area contributed by atoms with Gasteiger partial charge in [0.1, 0.15) is 0 Å². The molecule has 0 bridgehead atoms. The van der Waals surface area contributed by atoms with Crippen LogP contribution in [-0.2, 0) is 16.2 Å². The van der Waals surface area contributed by atoms with Crippen molar-refractivity contribution in [1.82, 2.24) is 5.48 Å². The SMILES string of the molecule is CC(C)(C)ONCCOCc1ccccc1. The summed E-state index contributed by atoms with van der Waals surface area (Å²) in [6.45, 7) is 8.01. The molecule has 0 saturated heterocycles. The fourth-order valence-electron chi connectivity index (χ4n) is 1.15. The maximum Gasteiger partial charge on any atom is 0.0812 e. The van der Waals surface area contributed by atoms with Crippen molar-refractivity contribution in [2.45, 2.75) is 33.0 Å². The van der Waals surface area contributed by atoms with Crippen LogP contribution in [0.5, 0.6) is 0 Å². The van der Waals surface area contributed by atoms with Gasteiger partial charge in [0.25, 0.3) is 0 Å². The van der Waals surface area contributed by atoms with Gasteiger partial charge in [0.05, 0.1) is 18.8 Å². The Bertz CT molecular complexity index is 280. The highest BCUT2D eigenvalue weighted by Crippen LogP contribution is 2.03. The standard InChI is InChI=1S/C13H21NO2/c1-13(2,3)16-14-9-10-15-11-12-7-5-4-6-8-12/h4-8,14H,9-11H2,1-3H3. The lowest BCUT2D eigenvalue weighted by Crippen LogP contribution is -2.31. The predicted molar refractivity (Wildman–Crippen MR) is 64.9 cm³/mol. The van der Waals surface area contributed by atoms with E-state index in [1.807, 2.05) is 39.0 Å². The van der Waals surface area contributed by atoms with Gasteiger partial charge in [-0.15, -0.1) is 0 Å². The second-order valence-corrected chi connectivity index (χ2v) is 4.65. The minimum absolute atomic E-state index is 0.153. The maximum atomic E-state index is 5.49. The Labute approximate surface area is 97.7 Å². The van der Waals surface area contributed by atoms with Gasteiger partial charge in [0, 0.05) is 6.54 Å². The summed E-state index contributed by atoms with van der Waals surface area (Å²) in [7, 11) is 0. The third kappa shape index (κ3) is 6.56. The number of hydrogen-bond acceptors (Lipinski definition) is 3. The number of nitrogens with one attached hydrogen (secondary N) is 1. The van der Waals surface area contributed by atoms with Crippen LogP contribution in [0.25, 0.3) is 0 Å². The van der Waals surface area contributed by atoms with Gasteiger partial charge in [-0.3, -0.25) is 4.84 Å². The third-order valence-corrected chi connectivity index (χ3v) is 1.84. The maximum absolute atomic E-state index is 5.49. The van der Waals surface area contributed by atoms with E-state index in [9.17, 15) is 0 Å². The molecule has 0 radical (unpaired) electrons. The molecule has 90 valence electrons. The van der Waals surface area contributed by atoms with Crippen LogP contribution in [0.2, 0.25) is 0 Å². The Morgan fingerprint density at radius 1 is 1.12 bits per heavy atom. The van der Waals surface area contributed by atoms with E-state index in [0.29, 0.717) is 19.8 Å². The zero-order chi connectivity index (χ0) is 11.9. The van der Waals surface area contributed by atoms with E-state index in [4.69, 9.17) is 9.57 Å². The molecule has 3 nitrogen and oxygen atoms in total. The number of hydroxylamine groups is 1. The number of hydrogen-bond donors (Lipinski definition) is 1. The lowest BCUT2D eigenvalue weighted by Gasteiger charge is -2.19. The highest BCUT2D eigenvalue weighted by atomic mass is 16.7. The molecule has 3 heteroatoms. The first kappa shape index (κ1) is 13.2. The van der Waals surface area contributed by atoms with Crippen molar-refractivity contribution in [3.05, 3.63) is 35.9 Å². The summed E-state index contributed by atoms with van der Waals surface area (Å²) < 4.78 is 5.49. The van der Waals surface area contributed by atoms with Gasteiger partial charge in [-0.25, -0.2) is 0 Å². The van der Waals surface area contributed by atoms with Gasteiger partial charge in [-0.1, -0.05) is 30.3 Å². The highest BCUT2D eigenvalue weighted by molar-refractivity contribution is 5.13. The monoisotopic (exact) mass is 223 g/mol. The number of ether oxygens (including phenoxy) is 1. The van der Waals surface area contributed by atoms with Crippen molar-refractivity contribution in [2.75, 3.05) is 13.2 Å². The molecule has 0 aromatic heterocycles. The van der Waals surface area contributed by atoms with Crippen molar-refractivity contribution >= 4 is 0 Å². The molecule has 16 heavy (non-hydrogen) atoms. The molecule has 0 heterocycles. The summed E-state index contributed by atoms with van der Waals surface area (Å²) in [6, 6.07) is 10.1. The van der Waals surface area contributed by atoms with Crippen LogP contribution in [0.15, 0.2) is 30.3 Å². The summed E-state index contributed by atoms with van der Waals surface area (Å²) in [5.41, 5.74) is 3.93. The van der Waals surface area contributed by atoms with Gasteiger partial charge in [-0.05, 0) is 26.3 Å². The normalized spacial score (nSPS) is 11.7. The summed E-state index contributed by atoms with van der Waals surface area (Å²) in [5, 5.41) is 0. The van der Waals surface area contributed by atoms with Crippen LogP contribution >= 0.6 is 0 Å². The molecule has 0 unspecified atom stereocenters. The van der Waals surface area contributed by atoms with E-state index in [2.05, 4.69) is 17.6 Å². The van der Waals surface area contributed by atoms with Gasteiger partial charge in [0.15, 0.2) is 0 Å². The molecule has 0 atom stereocenters. The Hall–Kier alpha value is -0.900. The molecule has 1 N–H and O–H groups in total. The molecule has 0 aliphatic heterocycles. The van der Waals surface area contributed by atoms with Crippen LogP contribution in [0.4, 0.5) is 0 Å². The van der Waals surface area contributed by atoms with Crippen molar-refractivity contribution < 1.29 is 9.57 Å². The Morgan fingerprint density at radius 3 is 2.44 bits per heavy atom. The smallest absolute Gasteiger partial charge is 0.0812 e. The lowest BCUT2D eigenvalue weighted by molar-refractivity contribution is -0.0794. The summed E-state index contributed by atoms with van der Waals surface area (Å²) in [5.74, 6) is 0. The molecule has 0 fully saturated rings. The molecular weight excluding hydrogens is 202 g/mol. The van der Waals surface area contributed by atoms with E-state index in [1.54, 1.807) is 0 Å². The van der Waals surface area contributed by atoms with E-state index in [0.717, 1.165) is 0 Å². The highest BCUT2D eigenvalue weighted by Gasteiger charge is 2.09. The largest absolute Gasteiger partial charge is 0.375 e. The minimum atomic E-state index is -0.153. The first-order valence-electron chi connectivity index (χ1n) is 5.60. The Kier molecular flexibility index (Phi) is 5.46. The Morgan fingerprint density at radius 2 is 1.81 bits per heavy atom. The molecule has 0 aliphatic rings. The molecule has 0 saturated carbocycles. The van der Waals surface area contributed by atoms with Crippen LogP contribution in [0.3, 0.4) is 0 Å². The zero-order valence-corrected chi connectivity index (χ0v) is 10.3. The molecule has 0 aliphatic carbocycles. The molecular formula is C13H21NO2. The fraction of sp³-hybridized carbons (Fsp3) is 0.538. The van der Waals surface area contributed by atoms with E-state index in [-0.39, 0.29) is 5.60 Å². The van der Waals surface area contributed by atoms with Crippen LogP contribution in [0, 0.1) is 0 Å². The number of benzene rings is 1. The molecule has 0 spiro atoms. The van der Waals surface area contributed by atoms with Gasteiger partial charge >= 0.3 is 0 Å². The lowest BCUT2D eigenvalue weighted by atomic mass is 10.2. The van der Waals surface area contributed by atoms with Gasteiger partial charge < -0.3 is 4.74 Å². The average Bonchev–Trinajstić information content (AvgIpc) is 2.23. The second-order valence-electron chi connectivity index (χ2n) is 4.65. The van der Waals surface area contributed by atoms with Crippen LogP contribution in [-0.4, -0.2) is 18.8 Å².